The van der Waals surface area contributed by atoms with E-state index in [1.165, 1.54) is 6.42 Å². The number of rotatable bonds is 3. The predicted octanol–water partition coefficient (Wildman–Crippen LogP) is 4.24. The second-order valence-corrected chi connectivity index (χ2v) is 7.59. The van der Waals surface area contributed by atoms with Crippen molar-refractivity contribution < 1.29 is 4.74 Å². The number of halogens is 1. The van der Waals surface area contributed by atoms with Crippen molar-refractivity contribution in [2.45, 2.75) is 25.7 Å². The molecule has 2 aromatic heterocycles. The van der Waals surface area contributed by atoms with E-state index in [9.17, 15) is 0 Å². The number of fused-ring (bicyclic) bond motifs is 1. The third-order valence-corrected chi connectivity index (χ3v) is 5.34. The van der Waals surface area contributed by atoms with Gasteiger partial charge in [0.1, 0.15) is 11.3 Å². The van der Waals surface area contributed by atoms with Crippen molar-refractivity contribution >= 4 is 27.1 Å². The third-order valence-electron chi connectivity index (χ3n) is 4.88. The second-order valence-electron chi connectivity index (χ2n) is 6.68. The topological polar surface area (TPSA) is 59.9 Å². The van der Waals surface area contributed by atoms with E-state index < -0.39 is 0 Å². The lowest BCUT2D eigenvalue weighted by Gasteiger charge is -2.22. The minimum absolute atomic E-state index is 0.412. The van der Waals surface area contributed by atoms with Crippen molar-refractivity contribution in [2.24, 2.45) is 0 Å². The van der Waals surface area contributed by atoms with Crippen LogP contribution in [0.4, 0.5) is 0 Å². The van der Waals surface area contributed by atoms with Gasteiger partial charge in [-0.25, -0.2) is 9.97 Å². The molecule has 5 nitrogen and oxygen atoms in total. The van der Waals surface area contributed by atoms with E-state index in [4.69, 9.17) is 14.7 Å². The van der Waals surface area contributed by atoms with Crippen LogP contribution in [0.25, 0.3) is 22.4 Å². The second kappa shape index (κ2) is 7.29. The maximum Gasteiger partial charge on any atom is 0.179 e. The SMILES string of the molecule is COc1cc(Br)cc(C)c1-c1ccc2ncc(C3CCCNC3)nc2n1. The van der Waals surface area contributed by atoms with Gasteiger partial charge in [0.25, 0.3) is 0 Å². The number of pyridine rings is 1. The maximum atomic E-state index is 5.58. The Morgan fingerprint density at radius 3 is 2.88 bits per heavy atom. The number of ether oxygens (including phenoxy) is 1. The van der Waals surface area contributed by atoms with Crippen LogP contribution in [0.3, 0.4) is 0 Å². The first kappa shape index (κ1) is 17.4. The van der Waals surface area contributed by atoms with E-state index in [2.05, 4.69) is 39.2 Å². The van der Waals surface area contributed by atoms with Crippen LogP contribution in [0.2, 0.25) is 0 Å². The lowest BCUT2D eigenvalue weighted by Crippen LogP contribution is -2.28. The van der Waals surface area contributed by atoms with Gasteiger partial charge < -0.3 is 10.1 Å². The van der Waals surface area contributed by atoms with Gasteiger partial charge in [-0.2, -0.15) is 0 Å². The highest BCUT2D eigenvalue weighted by Crippen LogP contribution is 2.35. The first-order valence-corrected chi connectivity index (χ1v) is 9.64. The van der Waals surface area contributed by atoms with Gasteiger partial charge in [-0.3, -0.25) is 4.98 Å². The van der Waals surface area contributed by atoms with Gasteiger partial charge in [0.05, 0.1) is 18.5 Å². The fraction of sp³-hybridized carbons (Fsp3) is 0.350. The lowest BCUT2D eigenvalue weighted by atomic mass is 9.96. The van der Waals surface area contributed by atoms with Crippen molar-refractivity contribution in [1.29, 1.82) is 0 Å². The molecule has 1 saturated heterocycles. The highest BCUT2D eigenvalue weighted by molar-refractivity contribution is 9.10. The molecule has 1 N–H and O–H groups in total. The smallest absolute Gasteiger partial charge is 0.179 e. The van der Waals surface area contributed by atoms with Gasteiger partial charge in [-0.1, -0.05) is 15.9 Å². The third kappa shape index (κ3) is 3.31. The molecule has 1 aliphatic heterocycles. The van der Waals surface area contributed by atoms with E-state index in [0.29, 0.717) is 11.6 Å². The van der Waals surface area contributed by atoms with E-state index in [1.54, 1.807) is 7.11 Å². The van der Waals surface area contributed by atoms with Crippen molar-refractivity contribution in [1.82, 2.24) is 20.3 Å². The van der Waals surface area contributed by atoms with Crippen LogP contribution in [0, 0.1) is 6.92 Å². The summed E-state index contributed by atoms with van der Waals surface area (Å²) in [6.45, 7) is 4.10. The molecule has 6 heteroatoms. The van der Waals surface area contributed by atoms with Gasteiger partial charge in [-0.15, -0.1) is 0 Å². The molecule has 0 bridgehead atoms. The Morgan fingerprint density at radius 2 is 2.12 bits per heavy atom. The van der Waals surface area contributed by atoms with Crippen molar-refractivity contribution in [3.8, 4) is 17.0 Å². The maximum absolute atomic E-state index is 5.58. The van der Waals surface area contributed by atoms with E-state index in [0.717, 1.165) is 57.8 Å². The van der Waals surface area contributed by atoms with Gasteiger partial charge in [0.15, 0.2) is 5.65 Å². The van der Waals surface area contributed by atoms with Crippen LogP contribution in [0.1, 0.15) is 30.0 Å². The molecule has 0 saturated carbocycles. The molecule has 3 aromatic rings. The molecular weight excluding hydrogens is 392 g/mol. The van der Waals surface area contributed by atoms with Gasteiger partial charge in [-0.05, 0) is 56.1 Å². The first-order chi connectivity index (χ1) is 12.7. The molecule has 4 rings (SSSR count). The summed E-state index contributed by atoms with van der Waals surface area (Å²) in [5, 5.41) is 3.44. The van der Waals surface area contributed by atoms with Crippen molar-refractivity contribution in [3.63, 3.8) is 0 Å². The number of aromatic nitrogens is 3. The fourth-order valence-electron chi connectivity index (χ4n) is 3.55. The molecule has 1 fully saturated rings. The number of benzene rings is 1. The molecule has 134 valence electrons. The van der Waals surface area contributed by atoms with Crippen LogP contribution in [-0.2, 0) is 0 Å². The average molecular weight is 413 g/mol. The molecule has 0 amide bonds. The zero-order chi connectivity index (χ0) is 18.1. The Bertz CT molecular complexity index is 954. The zero-order valence-electron chi connectivity index (χ0n) is 14.9. The molecule has 1 unspecified atom stereocenters. The van der Waals surface area contributed by atoms with Gasteiger partial charge >= 0.3 is 0 Å². The summed E-state index contributed by atoms with van der Waals surface area (Å²) < 4.78 is 6.57. The Morgan fingerprint density at radius 1 is 1.23 bits per heavy atom. The van der Waals surface area contributed by atoms with Gasteiger partial charge in [0, 0.05) is 28.7 Å². The van der Waals surface area contributed by atoms with E-state index in [-0.39, 0.29) is 0 Å². The Hall–Kier alpha value is -2.05. The number of hydrogen-bond donors (Lipinski definition) is 1. The Balaban J connectivity index is 1.80. The van der Waals surface area contributed by atoms with Crippen molar-refractivity contribution in [3.05, 3.63) is 46.2 Å². The van der Waals surface area contributed by atoms with Gasteiger partial charge in [0.2, 0.25) is 0 Å². The largest absolute Gasteiger partial charge is 0.496 e. The Labute approximate surface area is 161 Å². The molecule has 0 spiro atoms. The molecule has 1 aliphatic rings. The number of aryl methyl sites for hydroxylation is 1. The fourth-order valence-corrected chi connectivity index (χ4v) is 4.10. The molecule has 0 radical (unpaired) electrons. The minimum Gasteiger partial charge on any atom is -0.496 e. The lowest BCUT2D eigenvalue weighted by molar-refractivity contribution is 0.415. The molecule has 1 aromatic carbocycles. The summed E-state index contributed by atoms with van der Waals surface area (Å²) in [4.78, 5) is 14.2. The number of nitrogens with one attached hydrogen (secondary N) is 1. The predicted molar refractivity (Wildman–Crippen MR) is 107 cm³/mol. The Kier molecular flexibility index (Phi) is 4.87. The monoisotopic (exact) mass is 412 g/mol. The first-order valence-electron chi connectivity index (χ1n) is 8.84. The number of methoxy groups -OCH3 is 1. The van der Waals surface area contributed by atoms with Crippen LogP contribution >= 0.6 is 15.9 Å². The van der Waals surface area contributed by atoms with Crippen LogP contribution in [0.5, 0.6) is 5.75 Å². The molecule has 3 heterocycles. The summed E-state index contributed by atoms with van der Waals surface area (Å²) in [5.74, 6) is 1.21. The molecule has 26 heavy (non-hydrogen) atoms. The normalized spacial score (nSPS) is 17.4. The van der Waals surface area contributed by atoms with E-state index >= 15 is 0 Å². The summed E-state index contributed by atoms with van der Waals surface area (Å²) in [5.41, 5.74) is 5.47. The number of hydrogen-bond acceptors (Lipinski definition) is 5. The molecule has 0 aliphatic carbocycles. The number of nitrogens with zero attached hydrogens (tertiary/aromatic N) is 3. The average Bonchev–Trinajstić information content (AvgIpc) is 2.67. The molecular formula is C20H21BrN4O. The van der Waals surface area contributed by atoms with Crippen molar-refractivity contribution in [2.75, 3.05) is 20.2 Å². The summed E-state index contributed by atoms with van der Waals surface area (Å²) >= 11 is 3.53. The van der Waals surface area contributed by atoms with Crippen LogP contribution in [0.15, 0.2) is 34.9 Å². The quantitative estimate of drug-likeness (QED) is 0.696. The van der Waals surface area contributed by atoms with E-state index in [1.807, 2.05) is 24.4 Å². The van der Waals surface area contributed by atoms with Crippen LogP contribution in [-0.4, -0.2) is 35.2 Å². The summed E-state index contributed by atoms with van der Waals surface area (Å²) in [6, 6.07) is 8.00. The van der Waals surface area contributed by atoms with Crippen LogP contribution < -0.4 is 10.1 Å². The zero-order valence-corrected chi connectivity index (χ0v) is 16.5. The summed E-state index contributed by atoms with van der Waals surface area (Å²) in [7, 11) is 1.68. The minimum atomic E-state index is 0.412. The standard InChI is InChI=1S/C20H21BrN4O/c1-12-8-14(21)9-18(26-2)19(12)15-5-6-16-20(24-15)25-17(11-23-16)13-4-3-7-22-10-13/h5-6,8-9,11,13,22H,3-4,7,10H2,1-2H3. The summed E-state index contributed by atoms with van der Waals surface area (Å²) in [6.07, 6.45) is 4.21. The highest BCUT2D eigenvalue weighted by Gasteiger charge is 2.18. The molecule has 1 atom stereocenters. The number of piperidine rings is 1. The highest BCUT2D eigenvalue weighted by atomic mass is 79.9.